The van der Waals surface area contributed by atoms with Crippen molar-refractivity contribution in [2.24, 2.45) is 5.10 Å². The number of aromatic nitrogens is 2. The molecule has 3 rings (SSSR count). The molecule has 0 fully saturated rings. The monoisotopic (exact) mass is 641 g/mol. The van der Waals surface area contributed by atoms with Crippen LogP contribution in [0, 0.1) is 3.57 Å². The molecule has 0 saturated carbocycles. The van der Waals surface area contributed by atoms with E-state index >= 15 is 0 Å². The van der Waals surface area contributed by atoms with Crippen molar-refractivity contribution in [3.05, 3.63) is 60.1 Å². The van der Waals surface area contributed by atoms with E-state index in [4.69, 9.17) is 19.2 Å². The smallest absolute Gasteiger partial charge is 0.346 e. The van der Waals surface area contributed by atoms with Crippen molar-refractivity contribution in [1.29, 1.82) is 0 Å². The van der Waals surface area contributed by atoms with E-state index in [1.165, 1.54) is 18.9 Å². The van der Waals surface area contributed by atoms with Gasteiger partial charge in [0.1, 0.15) is 5.82 Å². The molecule has 1 heterocycles. The van der Waals surface area contributed by atoms with Gasteiger partial charge in [0, 0.05) is 10.4 Å². The van der Waals surface area contributed by atoms with Gasteiger partial charge >= 0.3 is 5.97 Å². The van der Waals surface area contributed by atoms with Gasteiger partial charge in [-0.25, -0.2) is 9.78 Å². The van der Waals surface area contributed by atoms with Crippen LogP contribution in [0.25, 0.3) is 10.9 Å². The van der Waals surface area contributed by atoms with Crippen LogP contribution in [-0.4, -0.2) is 42.2 Å². The summed E-state index contributed by atoms with van der Waals surface area (Å²) in [6.45, 7) is 5.65. The number of rotatable bonds is 8. The van der Waals surface area contributed by atoms with Gasteiger partial charge in [-0.3, -0.25) is 4.79 Å². The number of carbonyl (C=O) groups excluding carboxylic acids is 1. The van der Waals surface area contributed by atoms with Crippen LogP contribution in [-0.2, 0) is 9.53 Å². The summed E-state index contributed by atoms with van der Waals surface area (Å²) >= 11 is 5.52. The van der Waals surface area contributed by atoms with E-state index in [1.807, 2.05) is 32.0 Å². The van der Waals surface area contributed by atoms with Crippen LogP contribution >= 0.6 is 38.5 Å². The fraction of sp³-hybridized carbons (Fsp3) is 0.333. The topological polar surface area (TPSA) is 92.0 Å². The Morgan fingerprint density at radius 3 is 2.65 bits per heavy atom. The minimum atomic E-state index is -0.799. The molecule has 0 bridgehead atoms. The Hall–Kier alpha value is -2.47. The third kappa shape index (κ3) is 5.60. The second-order valence-electron chi connectivity index (χ2n) is 7.62. The number of ether oxygens (including phenoxy) is 3. The zero-order valence-electron chi connectivity index (χ0n) is 19.5. The minimum absolute atomic E-state index is 0.0307. The van der Waals surface area contributed by atoms with Crippen molar-refractivity contribution in [2.45, 2.75) is 39.2 Å². The lowest BCUT2D eigenvalue weighted by Crippen LogP contribution is -2.25. The molecule has 0 spiro atoms. The standard InChI is InChI=1S/C24H25BrIN3O5/c1-6-13(2)22-28-19-8-7-16(25)11-17(19)23(30)29(22)27-12-15-9-18(26)21(20(10-15)32-4)34-14(3)24(31)33-5/h7-14H,6H2,1-5H3/t13-,14+/m0/s1. The Balaban J connectivity index is 2.07. The van der Waals surface area contributed by atoms with E-state index in [0.717, 1.165) is 10.9 Å². The second kappa shape index (κ2) is 11.3. The fourth-order valence-electron chi connectivity index (χ4n) is 3.22. The van der Waals surface area contributed by atoms with Crippen molar-refractivity contribution in [3.63, 3.8) is 0 Å². The number of nitrogens with zero attached hydrogens (tertiary/aromatic N) is 3. The van der Waals surface area contributed by atoms with E-state index in [1.54, 1.807) is 25.3 Å². The summed E-state index contributed by atoms with van der Waals surface area (Å²) in [6.07, 6.45) is 1.59. The molecule has 2 aromatic carbocycles. The number of halogens is 2. The molecular weight excluding hydrogens is 617 g/mol. The molecule has 0 N–H and O–H groups in total. The normalized spacial score (nSPS) is 13.1. The van der Waals surface area contributed by atoms with Crippen molar-refractivity contribution in [1.82, 2.24) is 9.66 Å². The highest BCUT2D eigenvalue weighted by atomic mass is 127. The third-order valence-corrected chi connectivity index (χ3v) is 6.58. The first-order chi connectivity index (χ1) is 16.2. The Bertz CT molecular complexity index is 1310. The summed E-state index contributed by atoms with van der Waals surface area (Å²) < 4.78 is 18.8. The molecule has 0 amide bonds. The zero-order chi connectivity index (χ0) is 25.0. The quantitative estimate of drug-likeness (QED) is 0.193. The summed E-state index contributed by atoms with van der Waals surface area (Å²) in [7, 11) is 2.82. The Morgan fingerprint density at radius 1 is 1.26 bits per heavy atom. The van der Waals surface area contributed by atoms with Crippen LogP contribution in [0.5, 0.6) is 11.5 Å². The van der Waals surface area contributed by atoms with Gasteiger partial charge in [-0.2, -0.15) is 9.78 Å². The number of esters is 1. The van der Waals surface area contributed by atoms with Crippen LogP contribution in [0.2, 0.25) is 0 Å². The number of carbonyl (C=O) groups is 1. The molecule has 34 heavy (non-hydrogen) atoms. The molecular formula is C24H25BrIN3O5. The number of hydrogen-bond acceptors (Lipinski definition) is 7. The first kappa shape index (κ1) is 26.1. The highest BCUT2D eigenvalue weighted by molar-refractivity contribution is 14.1. The third-order valence-electron chi connectivity index (χ3n) is 5.29. The predicted molar refractivity (Wildman–Crippen MR) is 143 cm³/mol. The molecule has 0 radical (unpaired) electrons. The lowest BCUT2D eigenvalue weighted by molar-refractivity contribution is -0.147. The fourth-order valence-corrected chi connectivity index (χ4v) is 4.34. The number of benzene rings is 2. The molecule has 0 aliphatic carbocycles. The summed E-state index contributed by atoms with van der Waals surface area (Å²) in [4.78, 5) is 29.8. The molecule has 3 aromatic rings. The molecule has 0 unspecified atom stereocenters. The molecule has 0 aliphatic heterocycles. The lowest BCUT2D eigenvalue weighted by Gasteiger charge is -2.17. The van der Waals surface area contributed by atoms with Gasteiger partial charge < -0.3 is 14.2 Å². The van der Waals surface area contributed by atoms with Crippen LogP contribution in [0.1, 0.15) is 44.5 Å². The van der Waals surface area contributed by atoms with Gasteiger partial charge in [0.25, 0.3) is 5.56 Å². The SMILES string of the molecule is CC[C@H](C)c1nc2ccc(Br)cc2c(=O)n1N=Cc1cc(I)c(O[C@H](C)C(=O)OC)c(OC)c1. The average Bonchev–Trinajstić information content (AvgIpc) is 2.83. The summed E-state index contributed by atoms with van der Waals surface area (Å²) in [5, 5.41) is 4.98. The highest BCUT2D eigenvalue weighted by Crippen LogP contribution is 2.34. The van der Waals surface area contributed by atoms with Crippen LogP contribution in [0.3, 0.4) is 0 Å². The van der Waals surface area contributed by atoms with E-state index in [9.17, 15) is 9.59 Å². The number of hydrogen-bond donors (Lipinski definition) is 0. The van der Waals surface area contributed by atoms with E-state index in [0.29, 0.717) is 37.4 Å². The van der Waals surface area contributed by atoms with Crippen molar-refractivity contribution in [3.8, 4) is 11.5 Å². The van der Waals surface area contributed by atoms with Crippen molar-refractivity contribution in [2.75, 3.05) is 14.2 Å². The zero-order valence-corrected chi connectivity index (χ0v) is 23.2. The van der Waals surface area contributed by atoms with Gasteiger partial charge in [-0.05, 0) is 71.8 Å². The first-order valence-electron chi connectivity index (χ1n) is 10.6. The maximum atomic E-state index is 13.3. The Kier molecular flexibility index (Phi) is 8.69. The summed E-state index contributed by atoms with van der Waals surface area (Å²) in [5.74, 6) is 0.984. The molecule has 180 valence electrons. The van der Waals surface area contributed by atoms with Crippen molar-refractivity contribution < 1.29 is 19.0 Å². The largest absolute Gasteiger partial charge is 0.493 e. The van der Waals surface area contributed by atoms with Gasteiger partial charge in [0.2, 0.25) is 0 Å². The van der Waals surface area contributed by atoms with Gasteiger partial charge in [0.05, 0.1) is 34.9 Å². The molecule has 1 aromatic heterocycles. The minimum Gasteiger partial charge on any atom is -0.493 e. The van der Waals surface area contributed by atoms with E-state index in [2.05, 4.69) is 43.6 Å². The maximum absolute atomic E-state index is 13.3. The highest BCUT2D eigenvalue weighted by Gasteiger charge is 2.20. The molecule has 0 saturated heterocycles. The van der Waals surface area contributed by atoms with Crippen molar-refractivity contribution >= 4 is 61.6 Å². The molecule has 0 aliphatic rings. The molecule has 2 atom stereocenters. The molecule has 8 nitrogen and oxygen atoms in total. The lowest BCUT2D eigenvalue weighted by atomic mass is 10.1. The second-order valence-corrected chi connectivity index (χ2v) is 9.70. The number of fused-ring (bicyclic) bond motifs is 1. The Labute approximate surface area is 219 Å². The van der Waals surface area contributed by atoms with E-state index < -0.39 is 12.1 Å². The maximum Gasteiger partial charge on any atom is 0.346 e. The van der Waals surface area contributed by atoms with E-state index in [-0.39, 0.29) is 11.5 Å². The van der Waals surface area contributed by atoms with Crippen LogP contribution in [0.15, 0.2) is 44.7 Å². The van der Waals surface area contributed by atoms with Crippen LogP contribution in [0.4, 0.5) is 0 Å². The average molecular weight is 642 g/mol. The van der Waals surface area contributed by atoms with Gasteiger partial charge in [-0.1, -0.05) is 29.8 Å². The summed E-state index contributed by atoms with van der Waals surface area (Å²) in [5.41, 5.74) is 1.08. The number of methoxy groups -OCH3 is 2. The summed E-state index contributed by atoms with van der Waals surface area (Å²) in [6, 6.07) is 8.98. The first-order valence-corrected chi connectivity index (χ1v) is 12.5. The van der Waals surface area contributed by atoms with Gasteiger partial charge in [-0.15, -0.1) is 0 Å². The Morgan fingerprint density at radius 2 is 2.00 bits per heavy atom. The van der Waals surface area contributed by atoms with Gasteiger partial charge in [0.15, 0.2) is 17.6 Å². The van der Waals surface area contributed by atoms with Crippen LogP contribution < -0.4 is 15.0 Å². The predicted octanol–water partition coefficient (Wildman–Crippen LogP) is 5.11. The molecule has 10 heteroatoms.